The first kappa shape index (κ1) is 14.4. The highest BCUT2D eigenvalue weighted by molar-refractivity contribution is 7.42. The monoisotopic (exact) mass is 269 g/mol. The number of aliphatic hydroxyl groups is 1. The fourth-order valence-corrected chi connectivity index (χ4v) is 1.98. The molecule has 1 rings (SSSR count). The molecule has 0 saturated heterocycles. The second-order valence-electron chi connectivity index (χ2n) is 3.51. The number of carbonyl (C=O) groups excluding carboxylic acids is 1. The number of esters is 1. The Bertz CT molecular complexity index is 496. The van der Waals surface area contributed by atoms with E-state index < -0.39 is 25.3 Å². The van der Waals surface area contributed by atoms with Crippen LogP contribution in [-0.2, 0) is 9.36 Å². The lowest BCUT2D eigenvalue weighted by Crippen LogP contribution is -2.46. The Balaban J connectivity index is 3.06. The lowest BCUT2D eigenvalue weighted by atomic mass is 10.0. The van der Waals surface area contributed by atoms with Crippen molar-refractivity contribution in [2.24, 2.45) is 0 Å². The van der Waals surface area contributed by atoms with Crippen molar-refractivity contribution >= 4 is 14.0 Å². The molecule has 1 heterocycles. The number of hydrogen-bond acceptors (Lipinski definition) is 5. The van der Waals surface area contributed by atoms with Crippen molar-refractivity contribution in [3.63, 3.8) is 0 Å². The van der Waals surface area contributed by atoms with Gasteiger partial charge in [-0.05, 0) is 19.1 Å². The number of aromatic nitrogens is 1. The predicted molar refractivity (Wildman–Crippen MR) is 64.3 cm³/mol. The molecule has 0 amide bonds. The topological polar surface area (TPSA) is 96.7 Å². The molecule has 1 aromatic rings. The van der Waals surface area contributed by atoms with E-state index >= 15 is 0 Å². The first-order chi connectivity index (χ1) is 8.45. The van der Waals surface area contributed by atoms with Crippen LogP contribution in [0.15, 0.2) is 24.5 Å². The van der Waals surface area contributed by atoms with Gasteiger partial charge in [-0.2, -0.15) is 0 Å². The lowest BCUT2D eigenvalue weighted by molar-refractivity contribution is -0.138. The fraction of sp³-hybridized carbons (Fsp3) is 0.273. The second-order valence-corrected chi connectivity index (χ2v) is 4.91. The third-order valence-electron chi connectivity index (χ3n) is 2.36. The zero-order valence-corrected chi connectivity index (χ0v) is 10.5. The summed E-state index contributed by atoms with van der Waals surface area (Å²) in [5.41, 5.74) is 0. The van der Waals surface area contributed by atoms with E-state index in [-0.39, 0.29) is 5.75 Å². The zero-order valence-electron chi connectivity index (χ0n) is 9.53. The SMILES string of the molecule is C#CC(C(=O)Oc1cccnc1)(C(C)O)[PH](=O)O. The second kappa shape index (κ2) is 5.78. The Morgan fingerprint density at radius 2 is 2.39 bits per heavy atom. The standard InChI is InChI=1S/C11H12NO5P/c1-3-11(8(2)13,18(15)16)10(14)17-9-5-4-6-12-7-9/h1,4-8,13,18H,2H3,(H,15,16). The predicted octanol–water partition coefficient (Wildman–Crippen LogP) is 0.207. The molecule has 0 aromatic carbocycles. The summed E-state index contributed by atoms with van der Waals surface area (Å²) in [5, 5.41) is 7.24. The summed E-state index contributed by atoms with van der Waals surface area (Å²) < 4.78 is 16.1. The van der Waals surface area contributed by atoms with Crippen molar-refractivity contribution in [3.8, 4) is 18.1 Å². The summed E-state index contributed by atoms with van der Waals surface area (Å²) in [6.07, 6.45) is 6.31. The van der Waals surface area contributed by atoms with Gasteiger partial charge in [0, 0.05) is 6.20 Å². The summed E-state index contributed by atoms with van der Waals surface area (Å²) >= 11 is 0. The third kappa shape index (κ3) is 2.59. The van der Waals surface area contributed by atoms with Gasteiger partial charge in [0.15, 0.2) is 0 Å². The van der Waals surface area contributed by atoms with Gasteiger partial charge in [-0.25, -0.2) is 4.79 Å². The molecule has 0 aliphatic heterocycles. The van der Waals surface area contributed by atoms with E-state index in [1.54, 1.807) is 0 Å². The van der Waals surface area contributed by atoms with Crippen molar-refractivity contribution in [2.75, 3.05) is 0 Å². The van der Waals surface area contributed by atoms with E-state index in [1.807, 2.05) is 5.92 Å². The molecule has 0 fully saturated rings. The molecule has 96 valence electrons. The molecule has 18 heavy (non-hydrogen) atoms. The Hall–Kier alpha value is -1.67. The van der Waals surface area contributed by atoms with E-state index in [0.29, 0.717) is 0 Å². The Morgan fingerprint density at radius 3 is 2.78 bits per heavy atom. The van der Waals surface area contributed by atoms with Gasteiger partial charge in [0.2, 0.25) is 13.2 Å². The minimum absolute atomic E-state index is 0.0750. The number of ether oxygens (including phenoxy) is 1. The van der Waals surface area contributed by atoms with Crippen LogP contribution in [0, 0.1) is 12.3 Å². The van der Waals surface area contributed by atoms with Crippen LogP contribution in [0.3, 0.4) is 0 Å². The normalized spacial score (nSPS) is 17.0. The van der Waals surface area contributed by atoms with E-state index in [2.05, 4.69) is 4.98 Å². The van der Waals surface area contributed by atoms with Gasteiger partial charge in [0.1, 0.15) is 5.75 Å². The molecule has 0 bridgehead atoms. The van der Waals surface area contributed by atoms with Crippen LogP contribution in [0.25, 0.3) is 0 Å². The van der Waals surface area contributed by atoms with Gasteiger partial charge in [-0.15, -0.1) is 6.42 Å². The highest BCUT2D eigenvalue weighted by Gasteiger charge is 2.49. The highest BCUT2D eigenvalue weighted by atomic mass is 31.1. The fourth-order valence-electron chi connectivity index (χ4n) is 1.27. The summed E-state index contributed by atoms with van der Waals surface area (Å²) in [6.45, 7) is 1.16. The van der Waals surface area contributed by atoms with E-state index in [9.17, 15) is 19.4 Å². The molecule has 0 saturated carbocycles. The minimum Gasteiger partial charge on any atom is -0.423 e. The van der Waals surface area contributed by atoms with Crippen LogP contribution in [0.4, 0.5) is 0 Å². The van der Waals surface area contributed by atoms with Crippen LogP contribution in [0.5, 0.6) is 5.75 Å². The van der Waals surface area contributed by atoms with Crippen LogP contribution < -0.4 is 4.74 Å². The van der Waals surface area contributed by atoms with Gasteiger partial charge in [-0.1, -0.05) is 5.92 Å². The summed E-state index contributed by atoms with van der Waals surface area (Å²) in [6, 6.07) is 2.95. The van der Waals surface area contributed by atoms with Gasteiger partial charge >= 0.3 is 5.97 Å². The van der Waals surface area contributed by atoms with Crippen LogP contribution in [-0.4, -0.2) is 32.2 Å². The lowest BCUT2D eigenvalue weighted by Gasteiger charge is -2.25. The smallest absolute Gasteiger partial charge is 0.342 e. The Kier molecular flexibility index (Phi) is 4.62. The molecular weight excluding hydrogens is 257 g/mol. The van der Waals surface area contributed by atoms with Crippen molar-refractivity contribution in [1.82, 2.24) is 4.98 Å². The molecular formula is C11H12NO5P. The first-order valence-electron chi connectivity index (χ1n) is 4.96. The molecule has 0 aliphatic rings. The Morgan fingerprint density at radius 1 is 1.72 bits per heavy atom. The molecule has 0 aliphatic carbocycles. The molecule has 7 heteroatoms. The zero-order chi connectivity index (χ0) is 13.8. The van der Waals surface area contributed by atoms with E-state index in [4.69, 9.17) is 11.2 Å². The highest BCUT2D eigenvalue weighted by Crippen LogP contribution is 2.39. The van der Waals surface area contributed by atoms with Gasteiger partial charge in [-0.3, -0.25) is 9.55 Å². The maximum absolute atomic E-state index is 11.9. The molecule has 1 aromatic heterocycles. The largest absolute Gasteiger partial charge is 0.423 e. The number of pyridine rings is 1. The maximum atomic E-state index is 11.9. The van der Waals surface area contributed by atoms with Gasteiger partial charge in [0.25, 0.3) is 0 Å². The van der Waals surface area contributed by atoms with Crippen LogP contribution in [0.1, 0.15) is 6.92 Å². The number of aliphatic hydroxyl groups excluding tert-OH is 1. The van der Waals surface area contributed by atoms with Crippen molar-refractivity contribution in [3.05, 3.63) is 24.5 Å². The van der Waals surface area contributed by atoms with Gasteiger partial charge < -0.3 is 14.7 Å². The van der Waals surface area contributed by atoms with Crippen LogP contribution >= 0.6 is 8.03 Å². The first-order valence-corrected chi connectivity index (χ1v) is 6.32. The van der Waals surface area contributed by atoms with Crippen molar-refractivity contribution < 1.29 is 24.1 Å². The molecule has 3 unspecified atom stereocenters. The molecule has 3 atom stereocenters. The quantitative estimate of drug-likeness (QED) is 0.460. The molecule has 2 N–H and O–H groups in total. The molecule has 6 nitrogen and oxygen atoms in total. The number of hydrogen-bond donors (Lipinski definition) is 2. The molecule has 0 spiro atoms. The number of carbonyl (C=O) groups is 1. The van der Waals surface area contributed by atoms with Crippen molar-refractivity contribution in [2.45, 2.75) is 18.2 Å². The number of terminal acetylenes is 1. The van der Waals surface area contributed by atoms with Gasteiger partial charge in [0.05, 0.1) is 12.3 Å². The number of nitrogens with zero attached hydrogens (tertiary/aromatic N) is 1. The summed E-state index contributed by atoms with van der Waals surface area (Å²) in [4.78, 5) is 24.8. The minimum atomic E-state index is -3.53. The average Bonchev–Trinajstić information content (AvgIpc) is 2.30. The van der Waals surface area contributed by atoms with E-state index in [1.165, 1.54) is 24.5 Å². The maximum Gasteiger partial charge on any atom is 0.342 e. The average molecular weight is 269 g/mol. The Labute approximate surface area is 104 Å². The summed E-state index contributed by atoms with van der Waals surface area (Å²) in [5.74, 6) is 0.794. The van der Waals surface area contributed by atoms with Crippen molar-refractivity contribution in [1.29, 1.82) is 0 Å². The third-order valence-corrected chi connectivity index (χ3v) is 3.80. The summed E-state index contributed by atoms with van der Waals surface area (Å²) in [7, 11) is -3.53. The number of rotatable bonds is 4. The van der Waals surface area contributed by atoms with Crippen LogP contribution in [0.2, 0.25) is 0 Å². The van der Waals surface area contributed by atoms with E-state index in [0.717, 1.165) is 6.92 Å². The molecule has 0 radical (unpaired) electrons.